The molecule has 1 saturated carbocycles. The van der Waals surface area contributed by atoms with Crippen LogP contribution in [0, 0.1) is 23.0 Å². The van der Waals surface area contributed by atoms with E-state index in [-0.39, 0.29) is 10.6 Å². The largest absolute Gasteiger partial charge is 0.486 e. The molecule has 4 nitrogen and oxygen atoms in total. The Balaban J connectivity index is 2.12. The highest BCUT2D eigenvalue weighted by molar-refractivity contribution is 9.10. The lowest BCUT2D eigenvalue weighted by atomic mass is 9.90. The first-order valence-electron chi connectivity index (χ1n) is 6.65. The third-order valence-corrected chi connectivity index (χ3v) is 4.14. The van der Waals surface area contributed by atoms with Gasteiger partial charge in [-0.15, -0.1) is 0 Å². The molecule has 1 aliphatic carbocycles. The van der Waals surface area contributed by atoms with Crippen molar-refractivity contribution in [2.45, 2.75) is 39.0 Å². The third-order valence-electron chi connectivity index (χ3n) is 3.55. The second-order valence-corrected chi connectivity index (χ2v) is 6.02. The second-order valence-electron chi connectivity index (χ2n) is 5.17. The summed E-state index contributed by atoms with van der Waals surface area (Å²) in [6.45, 7) is 2.41. The van der Waals surface area contributed by atoms with Gasteiger partial charge in [-0.3, -0.25) is 10.1 Å². The molecule has 0 saturated heterocycles. The molecular formula is C14H18BrNO3. The number of halogens is 1. The quantitative estimate of drug-likeness (QED) is 0.598. The highest BCUT2D eigenvalue weighted by atomic mass is 79.9. The molecule has 1 aliphatic rings. The first-order chi connectivity index (χ1) is 9.08. The van der Waals surface area contributed by atoms with Gasteiger partial charge in [0.05, 0.1) is 16.0 Å². The average molecular weight is 328 g/mol. The Labute approximate surface area is 121 Å². The molecule has 1 aromatic rings. The Morgan fingerprint density at radius 1 is 1.37 bits per heavy atom. The number of benzene rings is 1. The normalized spacial score (nSPS) is 16.3. The SMILES string of the molecule is Cc1cc(Br)c(OCC2CCCCC2)c([N+](=O)[O-])c1. The maximum Gasteiger partial charge on any atom is 0.312 e. The Kier molecular flexibility index (Phi) is 4.80. The van der Waals surface area contributed by atoms with Crippen LogP contribution in [-0.2, 0) is 0 Å². The highest BCUT2D eigenvalue weighted by Crippen LogP contribution is 2.37. The summed E-state index contributed by atoms with van der Waals surface area (Å²) in [4.78, 5) is 10.7. The standard InChI is InChI=1S/C14H18BrNO3/c1-10-7-12(15)14(13(8-10)16(17)18)19-9-11-5-3-2-4-6-11/h7-8,11H,2-6,9H2,1H3. The van der Waals surface area contributed by atoms with Gasteiger partial charge in [-0.25, -0.2) is 0 Å². The molecule has 2 rings (SSSR count). The van der Waals surface area contributed by atoms with E-state index in [4.69, 9.17) is 4.74 Å². The van der Waals surface area contributed by atoms with Crippen LogP contribution in [0.1, 0.15) is 37.7 Å². The summed E-state index contributed by atoms with van der Waals surface area (Å²) < 4.78 is 6.40. The zero-order valence-corrected chi connectivity index (χ0v) is 12.6. The highest BCUT2D eigenvalue weighted by Gasteiger charge is 2.21. The molecular weight excluding hydrogens is 310 g/mol. The van der Waals surface area contributed by atoms with Crippen LogP contribution in [0.2, 0.25) is 0 Å². The van der Waals surface area contributed by atoms with E-state index >= 15 is 0 Å². The van der Waals surface area contributed by atoms with E-state index in [0.717, 1.165) is 18.4 Å². The first-order valence-corrected chi connectivity index (χ1v) is 7.44. The van der Waals surface area contributed by atoms with E-state index in [1.165, 1.54) is 19.3 Å². The summed E-state index contributed by atoms with van der Waals surface area (Å²) in [5, 5.41) is 11.1. The summed E-state index contributed by atoms with van der Waals surface area (Å²) in [6.07, 6.45) is 6.11. The lowest BCUT2D eigenvalue weighted by molar-refractivity contribution is -0.386. The predicted molar refractivity (Wildman–Crippen MR) is 77.6 cm³/mol. The predicted octanol–water partition coefficient (Wildman–Crippen LogP) is 4.62. The van der Waals surface area contributed by atoms with Gasteiger partial charge >= 0.3 is 5.69 Å². The fourth-order valence-electron chi connectivity index (χ4n) is 2.54. The molecule has 0 amide bonds. The van der Waals surface area contributed by atoms with E-state index in [2.05, 4.69) is 15.9 Å². The lowest BCUT2D eigenvalue weighted by Gasteiger charge is -2.21. The van der Waals surface area contributed by atoms with Gasteiger partial charge < -0.3 is 4.74 Å². The monoisotopic (exact) mass is 327 g/mol. The summed E-state index contributed by atoms with van der Waals surface area (Å²) in [7, 11) is 0. The lowest BCUT2D eigenvalue weighted by Crippen LogP contribution is -2.16. The van der Waals surface area contributed by atoms with Crippen LogP contribution in [0.25, 0.3) is 0 Å². The Morgan fingerprint density at radius 3 is 2.68 bits per heavy atom. The molecule has 5 heteroatoms. The van der Waals surface area contributed by atoms with Crippen LogP contribution >= 0.6 is 15.9 Å². The van der Waals surface area contributed by atoms with Gasteiger partial charge in [0.2, 0.25) is 5.75 Å². The number of ether oxygens (including phenoxy) is 1. The molecule has 0 bridgehead atoms. The van der Waals surface area contributed by atoms with Crippen LogP contribution in [-0.4, -0.2) is 11.5 Å². The zero-order chi connectivity index (χ0) is 13.8. The van der Waals surface area contributed by atoms with E-state index < -0.39 is 0 Å². The van der Waals surface area contributed by atoms with Crippen molar-refractivity contribution in [1.29, 1.82) is 0 Å². The molecule has 0 aliphatic heterocycles. The molecule has 104 valence electrons. The minimum absolute atomic E-state index is 0.0442. The van der Waals surface area contributed by atoms with E-state index in [1.807, 2.05) is 13.0 Å². The van der Waals surface area contributed by atoms with Gasteiger partial charge in [0.1, 0.15) is 0 Å². The van der Waals surface area contributed by atoms with Crippen molar-refractivity contribution in [2.24, 2.45) is 5.92 Å². The van der Waals surface area contributed by atoms with Crippen molar-refractivity contribution < 1.29 is 9.66 Å². The van der Waals surface area contributed by atoms with Crippen LogP contribution in [0.3, 0.4) is 0 Å². The Morgan fingerprint density at radius 2 is 2.05 bits per heavy atom. The maximum absolute atomic E-state index is 11.1. The van der Waals surface area contributed by atoms with Crippen molar-refractivity contribution in [3.05, 3.63) is 32.3 Å². The van der Waals surface area contributed by atoms with Crippen LogP contribution in [0.15, 0.2) is 16.6 Å². The molecule has 0 N–H and O–H groups in total. The Bertz CT molecular complexity index is 470. The number of nitro benzene ring substituents is 1. The molecule has 1 fully saturated rings. The molecule has 0 unspecified atom stereocenters. The molecule has 0 heterocycles. The first kappa shape index (κ1) is 14.3. The van der Waals surface area contributed by atoms with Crippen molar-refractivity contribution in [2.75, 3.05) is 6.61 Å². The van der Waals surface area contributed by atoms with E-state index in [0.29, 0.717) is 22.7 Å². The van der Waals surface area contributed by atoms with Gasteiger partial charge in [0.15, 0.2) is 0 Å². The number of rotatable bonds is 4. The minimum atomic E-state index is -0.381. The van der Waals surface area contributed by atoms with Crippen LogP contribution < -0.4 is 4.74 Å². The van der Waals surface area contributed by atoms with Gasteiger partial charge in [-0.2, -0.15) is 0 Å². The van der Waals surface area contributed by atoms with Crippen LogP contribution in [0.4, 0.5) is 5.69 Å². The molecule has 1 aromatic carbocycles. The van der Waals surface area contributed by atoms with Gasteiger partial charge in [-0.05, 0) is 53.2 Å². The van der Waals surface area contributed by atoms with Gasteiger partial charge in [-0.1, -0.05) is 19.3 Å². The fraction of sp³-hybridized carbons (Fsp3) is 0.571. The number of nitrogens with zero attached hydrogens (tertiary/aromatic N) is 1. The second kappa shape index (κ2) is 6.37. The fourth-order valence-corrected chi connectivity index (χ4v) is 3.22. The van der Waals surface area contributed by atoms with Gasteiger partial charge in [0.25, 0.3) is 0 Å². The van der Waals surface area contributed by atoms with Crippen molar-refractivity contribution in [3.8, 4) is 5.75 Å². The molecule has 0 radical (unpaired) electrons. The number of aryl methyl sites for hydroxylation is 1. The zero-order valence-electron chi connectivity index (χ0n) is 11.0. The number of hydrogen-bond donors (Lipinski definition) is 0. The minimum Gasteiger partial charge on any atom is -0.486 e. The van der Waals surface area contributed by atoms with Crippen molar-refractivity contribution >= 4 is 21.6 Å². The summed E-state index contributed by atoms with van der Waals surface area (Å²) in [5.41, 5.74) is 0.895. The summed E-state index contributed by atoms with van der Waals surface area (Å²) in [5.74, 6) is 0.891. The maximum atomic E-state index is 11.1. The number of nitro groups is 1. The molecule has 0 aromatic heterocycles. The molecule has 19 heavy (non-hydrogen) atoms. The third kappa shape index (κ3) is 3.69. The van der Waals surface area contributed by atoms with E-state index in [1.54, 1.807) is 6.07 Å². The topological polar surface area (TPSA) is 52.4 Å². The summed E-state index contributed by atoms with van der Waals surface area (Å²) >= 11 is 3.36. The number of hydrogen-bond acceptors (Lipinski definition) is 3. The van der Waals surface area contributed by atoms with E-state index in [9.17, 15) is 10.1 Å². The molecule has 0 spiro atoms. The average Bonchev–Trinajstić information content (AvgIpc) is 2.38. The van der Waals surface area contributed by atoms with Gasteiger partial charge in [0, 0.05) is 6.07 Å². The molecule has 0 atom stereocenters. The van der Waals surface area contributed by atoms with Crippen LogP contribution in [0.5, 0.6) is 5.75 Å². The summed E-state index contributed by atoms with van der Waals surface area (Å²) in [6, 6.07) is 3.41. The smallest absolute Gasteiger partial charge is 0.312 e. The van der Waals surface area contributed by atoms with Crippen molar-refractivity contribution in [3.63, 3.8) is 0 Å². The Hall–Kier alpha value is -1.10. The van der Waals surface area contributed by atoms with Crippen molar-refractivity contribution in [1.82, 2.24) is 0 Å².